The largest absolute Gasteiger partial charge is 0.438 e. The first-order valence-electron chi connectivity index (χ1n) is 9.67. The predicted molar refractivity (Wildman–Crippen MR) is 124 cm³/mol. The molecule has 0 aliphatic carbocycles. The Kier molecular flexibility index (Phi) is 6.88. The molecule has 0 saturated carbocycles. The number of carbonyl (C=O) groups excluding carboxylic acids is 1. The zero-order chi connectivity index (χ0) is 23.2. The van der Waals surface area contributed by atoms with E-state index in [4.69, 9.17) is 26.0 Å². The summed E-state index contributed by atoms with van der Waals surface area (Å²) in [6.45, 7) is 1.84. The quantitative estimate of drug-likeness (QED) is 0.347. The number of hydrogen-bond donors (Lipinski definition) is 1. The topological polar surface area (TPSA) is 114 Å². The van der Waals surface area contributed by atoms with Crippen molar-refractivity contribution >= 4 is 35.0 Å². The lowest BCUT2D eigenvalue weighted by molar-refractivity contribution is -0.113. The van der Waals surface area contributed by atoms with Gasteiger partial charge in [-0.2, -0.15) is 5.26 Å². The third kappa shape index (κ3) is 5.68. The molecule has 1 N–H and O–H groups in total. The number of benzene rings is 2. The van der Waals surface area contributed by atoms with Crippen molar-refractivity contribution in [2.24, 2.45) is 0 Å². The van der Waals surface area contributed by atoms with Crippen LogP contribution in [0.3, 0.4) is 0 Å². The molecule has 0 bridgehead atoms. The fraction of sp³-hybridized carbons (Fsp3) is 0.0870. The van der Waals surface area contributed by atoms with Crippen LogP contribution in [-0.4, -0.2) is 26.8 Å². The zero-order valence-corrected chi connectivity index (χ0v) is 18.9. The number of rotatable bonds is 7. The van der Waals surface area contributed by atoms with Crippen molar-refractivity contribution in [3.05, 3.63) is 76.9 Å². The molecular formula is C23H16ClN5O3S. The number of pyridine rings is 1. The number of aromatic nitrogens is 3. The molecule has 33 heavy (non-hydrogen) atoms. The van der Waals surface area contributed by atoms with Gasteiger partial charge in [-0.3, -0.25) is 4.79 Å². The Bertz CT molecular complexity index is 1330. The molecule has 10 heteroatoms. The highest BCUT2D eigenvalue weighted by Gasteiger charge is 2.13. The van der Waals surface area contributed by atoms with Gasteiger partial charge in [0.05, 0.1) is 5.75 Å². The molecule has 1 amide bonds. The second-order valence-electron chi connectivity index (χ2n) is 6.76. The van der Waals surface area contributed by atoms with Crippen LogP contribution in [0.2, 0.25) is 5.02 Å². The molecule has 0 atom stereocenters. The Labute approximate surface area is 198 Å². The van der Waals surface area contributed by atoms with Crippen molar-refractivity contribution in [3.63, 3.8) is 0 Å². The van der Waals surface area contributed by atoms with Crippen LogP contribution >= 0.6 is 23.4 Å². The first kappa shape index (κ1) is 22.3. The monoisotopic (exact) mass is 477 g/mol. The predicted octanol–water partition coefficient (Wildman–Crippen LogP) is 5.49. The van der Waals surface area contributed by atoms with Crippen LogP contribution in [0.5, 0.6) is 11.6 Å². The lowest BCUT2D eigenvalue weighted by atomic mass is 10.2. The maximum atomic E-state index is 12.4. The molecule has 0 aliphatic rings. The standard InChI is InChI=1S/C23H16ClN5O3S/c1-14-11-18(31-21-16(12-25)3-2-10-26-21)8-9-19(14)27-20(30)13-33-23-29-28-22(32-23)15-4-6-17(24)7-5-15/h2-11H,13H2,1H3,(H,27,30). The number of carbonyl (C=O) groups is 1. The molecule has 2 aromatic carbocycles. The summed E-state index contributed by atoms with van der Waals surface area (Å²) in [6, 6.07) is 17.5. The number of amides is 1. The minimum Gasteiger partial charge on any atom is -0.438 e. The van der Waals surface area contributed by atoms with E-state index in [0.717, 1.165) is 22.9 Å². The van der Waals surface area contributed by atoms with Gasteiger partial charge in [-0.1, -0.05) is 23.4 Å². The first-order valence-corrected chi connectivity index (χ1v) is 11.0. The van der Waals surface area contributed by atoms with Crippen molar-refractivity contribution in [3.8, 4) is 29.2 Å². The molecule has 8 nitrogen and oxygen atoms in total. The Balaban J connectivity index is 1.34. The van der Waals surface area contributed by atoms with Crippen LogP contribution < -0.4 is 10.1 Å². The minimum atomic E-state index is -0.223. The Morgan fingerprint density at radius 1 is 1.21 bits per heavy atom. The fourth-order valence-corrected chi connectivity index (χ4v) is 3.49. The van der Waals surface area contributed by atoms with Crippen molar-refractivity contribution in [1.29, 1.82) is 5.26 Å². The summed E-state index contributed by atoms with van der Waals surface area (Å²) in [7, 11) is 0. The molecule has 164 valence electrons. The SMILES string of the molecule is Cc1cc(Oc2ncccc2C#N)ccc1NC(=O)CSc1nnc(-c2ccc(Cl)cc2)o1. The Morgan fingerprint density at radius 2 is 2.03 bits per heavy atom. The smallest absolute Gasteiger partial charge is 0.277 e. The number of thioether (sulfide) groups is 1. The number of aryl methyl sites for hydroxylation is 1. The molecule has 2 heterocycles. The van der Waals surface area contributed by atoms with Crippen molar-refractivity contribution in [1.82, 2.24) is 15.2 Å². The number of hydrogen-bond acceptors (Lipinski definition) is 8. The van der Waals surface area contributed by atoms with Gasteiger partial charge in [0, 0.05) is 22.5 Å². The molecular weight excluding hydrogens is 462 g/mol. The third-order valence-electron chi connectivity index (χ3n) is 4.40. The number of nitriles is 1. The van der Waals surface area contributed by atoms with E-state index >= 15 is 0 Å². The van der Waals surface area contributed by atoms with Crippen LogP contribution in [0.25, 0.3) is 11.5 Å². The summed E-state index contributed by atoms with van der Waals surface area (Å²) < 4.78 is 11.3. The molecule has 4 rings (SSSR count). The minimum absolute atomic E-state index is 0.0966. The van der Waals surface area contributed by atoms with Crippen LogP contribution in [0, 0.1) is 18.3 Å². The van der Waals surface area contributed by atoms with Gasteiger partial charge in [0.2, 0.25) is 17.7 Å². The van der Waals surface area contributed by atoms with Gasteiger partial charge in [0.15, 0.2) is 0 Å². The van der Waals surface area contributed by atoms with E-state index in [1.807, 2.05) is 13.0 Å². The second kappa shape index (κ2) is 10.2. The molecule has 0 unspecified atom stereocenters. The Hall–Kier alpha value is -3.87. The third-order valence-corrected chi connectivity index (χ3v) is 5.47. The van der Waals surface area contributed by atoms with Gasteiger partial charge < -0.3 is 14.5 Å². The van der Waals surface area contributed by atoms with E-state index in [9.17, 15) is 4.79 Å². The molecule has 4 aromatic rings. The number of nitrogens with one attached hydrogen (secondary N) is 1. The van der Waals surface area contributed by atoms with E-state index in [1.54, 1.807) is 60.8 Å². The molecule has 2 aromatic heterocycles. The molecule has 0 aliphatic heterocycles. The fourth-order valence-electron chi connectivity index (χ4n) is 2.80. The van der Waals surface area contributed by atoms with E-state index in [1.165, 1.54) is 0 Å². The van der Waals surface area contributed by atoms with Gasteiger partial charge >= 0.3 is 0 Å². The summed E-state index contributed by atoms with van der Waals surface area (Å²) in [5.41, 5.74) is 2.52. The lowest BCUT2D eigenvalue weighted by Gasteiger charge is -2.11. The van der Waals surface area contributed by atoms with E-state index in [2.05, 4.69) is 20.5 Å². The second-order valence-corrected chi connectivity index (χ2v) is 8.13. The lowest BCUT2D eigenvalue weighted by Crippen LogP contribution is -2.14. The number of ether oxygens (including phenoxy) is 1. The summed E-state index contributed by atoms with van der Waals surface area (Å²) in [4.78, 5) is 16.5. The van der Waals surface area contributed by atoms with Crippen molar-refractivity contribution < 1.29 is 13.9 Å². The highest BCUT2D eigenvalue weighted by molar-refractivity contribution is 7.99. The molecule has 0 fully saturated rings. The first-order chi connectivity index (χ1) is 16.0. The summed E-state index contributed by atoms with van der Waals surface area (Å²) >= 11 is 7.03. The van der Waals surface area contributed by atoms with Gasteiger partial charge in [-0.25, -0.2) is 4.98 Å². The van der Waals surface area contributed by atoms with Gasteiger partial charge in [-0.15, -0.1) is 10.2 Å². The average Bonchev–Trinajstić information content (AvgIpc) is 3.29. The average molecular weight is 478 g/mol. The molecule has 0 saturated heterocycles. The van der Waals surface area contributed by atoms with Crippen molar-refractivity contribution in [2.45, 2.75) is 12.1 Å². The van der Waals surface area contributed by atoms with Crippen LogP contribution in [0.4, 0.5) is 5.69 Å². The maximum absolute atomic E-state index is 12.4. The van der Waals surface area contributed by atoms with Crippen molar-refractivity contribution in [2.75, 3.05) is 11.1 Å². The number of anilines is 1. The van der Waals surface area contributed by atoms with Gasteiger partial charge in [0.1, 0.15) is 17.4 Å². The highest BCUT2D eigenvalue weighted by Crippen LogP contribution is 2.28. The van der Waals surface area contributed by atoms with Gasteiger partial charge in [-0.05, 0) is 67.1 Å². The number of halogens is 1. The molecule has 0 spiro atoms. The van der Waals surface area contributed by atoms with Gasteiger partial charge in [0.25, 0.3) is 5.22 Å². The van der Waals surface area contributed by atoms with Crippen LogP contribution in [-0.2, 0) is 4.79 Å². The summed E-state index contributed by atoms with van der Waals surface area (Å²) in [5.74, 6) is 0.966. The van der Waals surface area contributed by atoms with E-state index in [0.29, 0.717) is 33.1 Å². The van der Waals surface area contributed by atoms with E-state index in [-0.39, 0.29) is 17.5 Å². The van der Waals surface area contributed by atoms with E-state index < -0.39 is 0 Å². The van der Waals surface area contributed by atoms with Crippen LogP contribution in [0.1, 0.15) is 11.1 Å². The normalized spacial score (nSPS) is 10.5. The zero-order valence-electron chi connectivity index (χ0n) is 17.3. The summed E-state index contributed by atoms with van der Waals surface area (Å²) in [6.07, 6.45) is 1.55. The highest BCUT2D eigenvalue weighted by atomic mass is 35.5. The van der Waals surface area contributed by atoms with Crippen LogP contribution in [0.15, 0.2) is 70.4 Å². The summed E-state index contributed by atoms with van der Waals surface area (Å²) in [5, 5.41) is 20.9. The number of nitrogens with zero attached hydrogens (tertiary/aromatic N) is 4. The maximum Gasteiger partial charge on any atom is 0.277 e. The molecule has 0 radical (unpaired) electrons. The Morgan fingerprint density at radius 3 is 2.79 bits per heavy atom.